The molecule has 0 saturated heterocycles. The second-order valence-electron chi connectivity index (χ2n) is 11.2. The largest absolute Gasteiger partial charge is 0.494 e. The first kappa shape index (κ1) is 38.1. The van der Waals surface area contributed by atoms with Crippen molar-refractivity contribution in [3.05, 3.63) is 118 Å². The van der Waals surface area contributed by atoms with Crippen LogP contribution in [0.15, 0.2) is 107 Å². The molecule has 260 valence electrons. The number of carbonyl (C=O) groups excluding carboxylic acids is 2. The third-order valence-electron chi connectivity index (χ3n) is 7.82. The SMILES string of the molecule is CCCCNC(=O)[C@H](Cc1ccccc1)N(Cc1ccc(Cl)cc1Cl)C(=O)CN(c1ccc(OCC)cc1)S(=O)(=O)c1ccc(SC)cc1. The van der Waals surface area contributed by atoms with Crippen molar-refractivity contribution < 1.29 is 22.7 Å². The molecule has 1 atom stereocenters. The van der Waals surface area contributed by atoms with Crippen molar-refractivity contribution in [2.45, 2.75) is 55.5 Å². The number of unbranched alkanes of at least 4 members (excludes halogenated alkanes) is 1. The van der Waals surface area contributed by atoms with Gasteiger partial charge in [-0.15, -0.1) is 11.8 Å². The second kappa shape index (κ2) is 18.3. The number of nitrogens with zero attached hydrogens (tertiary/aromatic N) is 2. The number of thioether (sulfide) groups is 1. The highest BCUT2D eigenvalue weighted by atomic mass is 35.5. The molecule has 0 saturated carbocycles. The molecule has 0 unspecified atom stereocenters. The number of sulfonamides is 1. The number of hydrogen-bond donors (Lipinski definition) is 1. The Morgan fingerprint density at radius 2 is 1.61 bits per heavy atom. The van der Waals surface area contributed by atoms with E-state index in [1.807, 2.05) is 50.4 Å². The zero-order chi connectivity index (χ0) is 35.4. The summed E-state index contributed by atoms with van der Waals surface area (Å²) in [5, 5.41) is 3.72. The second-order valence-corrected chi connectivity index (χ2v) is 14.8. The van der Waals surface area contributed by atoms with E-state index in [2.05, 4.69) is 5.32 Å². The van der Waals surface area contributed by atoms with E-state index in [0.29, 0.717) is 34.5 Å². The first-order chi connectivity index (χ1) is 23.6. The number of anilines is 1. The molecule has 0 aliphatic rings. The van der Waals surface area contributed by atoms with Crippen LogP contribution in [-0.4, -0.2) is 57.1 Å². The van der Waals surface area contributed by atoms with Crippen molar-refractivity contribution in [2.75, 3.05) is 30.3 Å². The summed E-state index contributed by atoms with van der Waals surface area (Å²) in [5.41, 5.74) is 1.66. The number of rotatable bonds is 17. The van der Waals surface area contributed by atoms with E-state index in [1.165, 1.54) is 28.8 Å². The molecule has 1 N–H and O–H groups in total. The topological polar surface area (TPSA) is 96.0 Å². The lowest BCUT2D eigenvalue weighted by Crippen LogP contribution is -2.53. The predicted octanol–water partition coefficient (Wildman–Crippen LogP) is 7.87. The van der Waals surface area contributed by atoms with Crippen LogP contribution in [0.2, 0.25) is 10.0 Å². The van der Waals surface area contributed by atoms with Crippen molar-refractivity contribution in [3.8, 4) is 5.75 Å². The fourth-order valence-electron chi connectivity index (χ4n) is 5.17. The average molecular weight is 743 g/mol. The quantitative estimate of drug-likeness (QED) is 0.0875. The molecule has 4 aromatic carbocycles. The van der Waals surface area contributed by atoms with Crippen LogP contribution in [0.3, 0.4) is 0 Å². The number of amides is 2. The Hall–Kier alpha value is -3.70. The van der Waals surface area contributed by atoms with Gasteiger partial charge in [-0.1, -0.05) is 72.9 Å². The maximum Gasteiger partial charge on any atom is 0.264 e. The average Bonchev–Trinajstić information content (AvgIpc) is 3.10. The van der Waals surface area contributed by atoms with Crippen molar-refractivity contribution >= 4 is 62.5 Å². The molecular formula is C37H41Cl2N3O5S2. The normalized spacial score (nSPS) is 11.9. The van der Waals surface area contributed by atoms with Crippen LogP contribution in [0.1, 0.15) is 37.8 Å². The van der Waals surface area contributed by atoms with Gasteiger partial charge in [0.25, 0.3) is 10.0 Å². The van der Waals surface area contributed by atoms with E-state index in [-0.39, 0.29) is 29.5 Å². The molecule has 8 nitrogen and oxygen atoms in total. The lowest BCUT2D eigenvalue weighted by molar-refractivity contribution is -0.140. The molecule has 0 radical (unpaired) electrons. The monoisotopic (exact) mass is 741 g/mol. The van der Waals surface area contributed by atoms with Crippen LogP contribution in [0.25, 0.3) is 0 Å². The molecule has 12 heteroatoms. The summed E-state index contributed by atoms with van der Waals surface area (Å²) >= 11 is 14.3. The van der Waals surface area contributed by atoms with Crippen molar-refractivity contribution in [1.82, 2.24) is 10.2 Å². The van der Waals surface area contributed by atoms with Crippen LogP contribution in [0, 0.1) is 0 Å². The minimum atomic E-state index is -4.25. The molecule has 49 heavy (non-hydrogen) atoms. The number of hydrogen-bond acceptors (Lipinski definition) is 6. The summed E-state index contributed by atoms with van der Waals surface area (Å²) < 4.78 is 35.3. The molecule has 2 amide bonds. The van der Waals surface area contributed by atoms with Gasteiger partial charge in [0.2, 0.25) is 11.8 Å². The Morgan fingerprint density at radius 1 is 0.918 bits per heavy atom. The van der Waals surface area contributed by atoms with E-state index in [0.717, 1.165) is 27.6 Å². The number of ether oxygens (including phenoxy) is 1. The standard InChI is InChI=1S/C37H41Cl2N3O5S2/c1-4-6-22-40-37(44)35(23-27-10-8-7-9-11-27)41(25-28-12-13-29(38)24-34(28)39)36(43)26-42(30-14-16-31(17-15-30)47-5-2)49(45,46)33-20-18-32(48-3)19-21-33/h7-21,24,35H,4-6,22-23,25-26H2,1-3H3,(H,40,44)/t35-/m0/s1. The van der Waals surface area contributed by atoms with Gasteiger partial charge in [0.15, 0.2) is 0 Å². The fraction of sp³-hybridized carbons (Fsp3) is 0.297. The Morgan fingerprint density at radius 3 is 2.22 bits per heavy atom. The summed E-state index contributed by atoms with van der Waals surface area (Å²) in [6.07, 6.45) is 3.74. The van der Waals surface area contributed by atoms with Crippen LogP contribution in [0.4, 0.5) is 5.69 Å². The van der Waals surface area contributed by atoms with Crippen molar-refractivity contribution in [3.63, 3.8) is 0 Å². The smallest absolute Gasteiger partial charge is 0.264 e. The van der Waals surface area contributed by atoms with Crippen LogP contribution >= 0.6 is 35.0 Å². The van der Waals surface area contributed by atoms with Crippen LogP contribution in [0.5, 0.6) is 5.75 Å². The number of halogens is 2. The predicted molar refractivity (Wildman–Crippen MR) is 199 cm³/mol. The van der Waals surface area contributed by atoms with Gasteiger partial charge < -0.3 is 15.0 Å². The zero-order valence-corrected chi connectivity index (χ0v) is 30.9. The minimum absolute atomic E-state index is 0.0254. The van der Waals surface area contributed by atoms with Gasteiger partial charge in [-0.05, 0) is 91.4 Å². The van der Waals surface area contributed by atoms with E-state index in [4.69, 9.17) is 27.9 Å². The van der Waals surface area contributed by atoms with Crippen molar-refractivity contribution in [1.29, 1.82) is 0 Å². The third kappa shape index (κ3) is 10.4. The summed E-state index contributed by atoms with van der Waals surface area (Å²) in [6, 6.07) is 26.4. The Bertz CT molecular complexity index is 1790. The van der Waals surface area contributed by atoms with E-state index >= 15 is 0 Å². The van der Waals surface area contributed by atoms with Crippen LogP contribution < -0.4 is 14.4 Å². The highest BCUT2D eigenvalue weighted by Crippen LogP contribution is 2.29. The molecular weight excluding hydrogens is 701 g/mol. The minimum Gasteiger partial charge on any atom is -0.494 e. The maximum atomic E-state index is 14.7. The van der Waals surface area contributed by atoms with Gasteiger partial charge in [0, 0.05) is 34.5 Å². The van der Waals surface area contributed by atoms with E-state index < -0.39 is 28.5 Å². The Kier molecular flexibility index (Phi) is 14.3. The zero-order valence-electron chi connectivity index (χ0n) is 27.8. The molecule has 0 heterocycles. The van der Waals surface area contributed by atoms with Gasteiger partial charge in [-0.2, -0.15) is 0 Å². The summed E-state index contributed by atoms with van der Waals surface area (Å²) in [4.78, 5) is 30.9. The van der Waals surface area contributed by atoms with Gasteiger partial charge >= 0.3 is 0 Å². The number of carbonyl (C=O) groups is 2. The molecule has 0 aromatic heterocycles. The number of nitrogens with one attached hydrogen (secondary N) is 1. The summed E-state index contributed by atoms with van der Waals surface area (Å²) in [7, 11) is -4.25. The molecule has 0 fully saturated rings. The number of benzene rings is 4. The highest BCUT2D eigenvalue weighted by Gasteiger charge is 2.35. The summed E-state index contributed by atoms with van der Waals surface area (Å²) in [6.45, 7) is 4.10. The molecule has 0 aliphatic heterocycles. The highest BCUT2D eigenvalue weighted by molar-refractivity contribution is 7.98. The molecule has 0 spiro atoms. The Balaban J connectivity index is 1.81. The molecule has 0 aliphatic carbocycles. The van der Waals surface area contributed by atoms with Crippen LogP contribution in [-0.2, 0) is 32.6 Å². The molecule has 4 rings (SSSR count). The van der Waals surface area contributed by atoms with Gasteiger partial charge in [-0.3, -0.25) is 13.9 Å². The first-order valence-electron chi connectivity index (χ1n) is 16.0. The summed E-state index contributed by atoms with van der Waals surface area (Å²) in [5.74, 6) is -0.375. The van der Waals surface area contributed by atoms with Crippen molar-refractivity contribution in [2.24, 2.45) is 0 Å². The fourth-order valence-corrected chi connectivity index (χ4v) is 7.46. The molecule has 0 bridgehead atoms. The van der Waals surface area contributed by atoms with Gasteiger partial charge in [-0.25, -0.2) is 8.42 Å². The van der Waals surface area contributed by atoms with Gasteiger partial charge in [0.05, 0.1) is 17.2 Å². The lowest BCUT2D eigenvalue weighted by atomic mass is 10.0. The third-order valence-corrected chi connectivity index (χ3v) is 10.9. The van der Waals surface area contributed by atoms with Gasteiger partial charge in [0.1, 0.15) is 18.3 Å². The Labute approximate surface area is 303 Å². The lowest BCUT2D eigenvalue weighted by Gasteiger charge is -2.34. The molecule has 4 aromatic rings. The van der Waals surface area contributed by atoms with E-state index in [9.17, 15) is 18.0 Å². The van der Waals surface area contributed by atoms with E-state index in [1.54, 1.807) is 54.6 Å². The first-order valence-corrected chi connectivity index (χ1v) is 19.4. The maximum absolute atomic E-state index is 14.7.